The van der Waals surface area contributed by atoms with Crippen LogP contribution in [0.1, 0.15) is 43.2 Å². The van der Waals surface area contributed by atoms with Gasteiger partial charge in [0.15, 0.2) is 0 Å². The molecule has 0 unspecified atom stereocenters. The second-order valence-electron chi connectivity index (χ2n) is 8.20. The first-order valence-corrected chi connectivity index (χ1v) is 13.9. The number of aromatic nitrogens is 1. The Morgan fingerprint density at radius 2 is 1.90 bits per heavy atom. The van der Waals surface area contributed by atoms with Crippen molar-refractivity contribution in [3.8, 4) is 0 Å². The highest BCUT2D eigenvalue weighted by Crippen LogP contribution is 2.37. The topological polar surface area (TPSA) is 70.6 Å². The van der Waals surface area contributed by atoms with E-state index in [9.17, 15) is 13.2 Å². The molecule has 6 nitrogen and oxygen atoms in total. The number of hydrogen-bond acceptors (Lipinski definition) is 6. The number of thiophene rings is 1. The minimum Gasteiger partial charge on any atom is -0.333 e. The molecule has 0 N–H and O–H groups in total. The second kappa shape index (κ2) is 8.61. The van der Waals surface area contributed by atoms with E-state index in [0.29, 0.717) is 23.7 Å². The van der Waals surface area contributed by atoms with Gasteiger partial charge in [-0.3, -0.25) is 4.79 Å². The van der Waals surface area contributed by atoms with Gasteiger partial charge in [0.1, 0.15) is 9.22 Å². The lowest BCUT2D eigenvalue weighted by atomic mass is 9.94. The Labute approximate surface area is 190 Å². The highest BCUT2D eigenvalue weighted by atomic mass is 32.2. The third-order valence-electron chi connectivity index (χ3n) is 6.20. The van der Waals surface area contributed by atoms with Crippen molar-refractivity contribution < 1.29 is 13.2 Å². The summed E-state index contributed by atoms with van der Waals surface area (Å²) in [4.78, 5) is 20.4. The van der Waals surface area contributed by atoms with Crippen LogP contribution in [0.3, 0.4) is 0 Å². The van der Waals surface area contributed by atoms with Gasteiger partial charge >= 0.3 is 0 Å². The second-order valence-corrected chi connectivity index (χ2v) is 12.4. The number of carbonyl (C=O) groups excluding carboxylic acids is 1. The van der Waals surface area contributed by atoms with Crippen LogP contribution in [0.15, 0.2) is 46.0 Å². The molecule has 0 aliphatic carbocycles. The number of fused-ring (bicyclic) bond motifs is 1. The number of piperidine rings is 2. The third-order valence-corrected chi connectivity index (χ3v) is 10.6. The van der Waals surface area contributed by atoms with Gasteiger partial charge in [-0.2, -0.15) is 4.31 Å². The third kappa shape index (κ3) is 4.04. The van der Waals surface area contributed by atoms with Crippen molar-refractivity contribution in [2.45, 2.75) is 42.4 Å². The van der Waals surface area contributed by atoms with Crippen LogP contribution in [0.4, 0.5) is 0 Å². The highest BCUT2D eigenvalue weighted by molar-refractivity contribution is 7.91. The van der Waals surface area contributed by atoms with Gasteiger partial charge < -0.3 is 4.90 Å². The summed E-state index contributed by atoms with van der Waals surface area (Å²) >= 11 is 2.89. The molecule has 2 saturated heterocycles. The lowest BCUT2D eigenvalue weighted by Gasteiger charge is -2.39. The lowest BCUT2D eigenvalue weighted by Crippen LogP contribution is -2.48. The number of para-hydroxylation sites is 1. The SMILES string of the molecule is O=C([C@@H]1CCCN(S(=O)(=O)c2cccs2)C1)N1CCCC[C@@H]1c1nc2ccccc2s1. The van der Waals surface area contributed by atoms with Crippen molar-refractivity contribution in [3.63, 3.8) is 0 Å². The number of likely N-dealkylation sites (tertiary alicyclic amines) is 1. The number of sulfonamides is 1. The fourth-order valence-corrected chi connectivity index (χ4v) is 8.40. The molecular weight excluding hydrogens is 450 g/mol. The Morgan fingerprint density at radius 3 is 2.71 bits per heavy atom. The molecule has 164 valence electrons. The first-order chi connectivity index (χ1) is 15.0. The van der Waals surface area contributed by atoms with E-state index in [1.165, 1.54) is 15.6 Å². The molecule has 2 fully saturated rings. The summed E-state index contributed by atoms with van der Waals surface area (Å²) < 4.78 is 29.0. The average molecular weight is 476 g/mol. The lowest BCUT2D eigenvalue weighted by molar-refractivity contribution is -0.140. The van der Waals surface area contributed by atoms with Gasteiger partial charge in [-0.1, -0.05) is 18.2 Å². The smallest absolute Gasteiger partial charge is 0.252 e. The maximum Gasteiger partial charge on any atom is 0.252 e. The van der Waals surface area contributed by atoms with Crippen LogP contribution < -0.4 is 0 Å². The van der Waals surface area contributed by atoms with Gasteiger partial charge in [0, 0.05) is 19.6 Å². The molecule has 0 saturated carbocycles. The maximum absolute atomic E-state index is 13.6. The Morgan fingerprint density at radius 1 is 1.03 bits per heavy atom. The molecule has 0 bridgehead atoms. The van der Waals surface area contributed by atoms with Crippen LogP contribution in [0.2, 0.25) is 0 Å². The van der Waals surface area contributed by atoms with E-state index in [4.69, 9.17) is 4.98 Å². The molecule has 2 aromatic heterocycles. The number of hydrogen-bond donors (Lipinski definition) is 0. The number of nitrogens with zero attached hydrogens (tertiary/aromatic N) is 3. The summed E-state index contributed by atoms with van der Waals surface area (Å²) in [6, 6.07) is 11.5. The van der Waals surface area contributed by atoms with Crippen molar-refractivity contribution in [2.75, 3.05) is 19.6 Å². The first-order valence-electron chi connectivity index (χ1n) is 10.7. The number of rotatable bonds is 4. The van der Waals surface area contributed by atoms with Gasteiger partial charge in [0.05, 0.1) is 22.2 Å². The molecule has 4 heterocycles. The van der Waals surface area contributed by atoms with Crippen LogP contribution in [-0.4, -0.2) is 48.1 Å². The van der Waals surface area contributed by atoms with Crippen LogP contribution >= 0.6 is 22.7 Å². The highest BCUT2D eigenvalue weighted by Gasteiger charge is 2.38. The average Bonchev–Trinajstić information content (AvgIpc) is 3.49. The molecule has 9 heteroatoms. The minimum atomic E-state index is -3.53. The van der Waals surface area contributed by atoms with Gasteiger partial charge in [-0.05, 0) is 55.7 Å². The normalized spacial score (nSPS) is 23.3. The molecule has 0 spiro atoms. The van der Waals surface area contributed by atoms with E-state index in [2.05, 4.69) is 6.07 Å². The zero-order valence-electron chi connectivity index (χ0n) is 17.1. The molecule has 1 amide bonds. The minimum absolute atomic E-state index is 0.0112. The summed E-state index contributed by atoms with van der Waals surface area (Å²) in [5.41, 5.74) is 0.978. The summed E-state index contributed by atoms with van der Waals surface area (Å²) in [6.07, 6.45) is 4.42. The molecule has 2 aliphatic rings. The fourth-order valence-electron chi connectivity index (χ4n) is 4.62. The van der Waals surface area contributed by atoms with Gasteiger partial charge in [-0.15, -0.1) is 22.7 Å². The molecule has 3 aromatic rings. The predicted octanol–water partition coefficient (Wildman–Crippen LogP) is 4.51. The molecule has 2 atom stereocenters. The van der Waals surface area contributed by atoms with Crippen LogP contribution in [0.25, 0.3) is 10.2 Å². The standard InChI is InChI=1S/C22H25N3O3S3/c26-22(16-7-5-12-24(15-16)31(27,28)20-11-6-14-29-20)25-13-4-3-9-18(25)21-23-17-8-1-2-10-19(17)30-21/h1-2,6,8,10-11,14,16,18H,3-5,7,9,12-13,15H2/t16-,18-/m1/s1. The van der Waals surface area contributed by atoms with Crippen molar-refractivity contribution in [3.05, 3.63) is 46.8 Å². The van der Waals surface area contributed by atoms with E-state index >= 15 is 0 Å². The fraction of sp³-hybridized carbons (Fsp3) is 0.455. The van der Waals surface area contributed by atoms with Crippen LogP contribution in [-0.2, 0) is 14.8 Å². The number of thiazole rings is 1. The van der Waals surface area contributed by atoms with Gasteiger partial charge in [0.2, 0.25) is 5.91 Å². The van der Waals surface area contributed by atoms with E-state index < -0.39 is 10.0 Å². The quantitative estimate of drug-likeness (QED) is 0.557. The van der Waals surface area contributed by atoms with E-state index in [-0.39, 0.29) is 24.4 Å². The zero-order valence-corrected chi connectivity index (χ0v) is 19.6. The summed E-state index contributed by atoms with van der Waals surface area (Å²) in [5.74, 6) is -0.214. The summed E-state index contributed by atoms with van der Waals surface area (Å²) in [6.45, 7) is 1.46. The molecule has 1 aromatic carbocycles. The van der Waals surface area contributed by atoms with E-state index in [1.54, 1.807) is 28.8 Å². The molecule has 31 heavy (non-hydrogen) atoms. The zero-order chi connectivity index (χ0) is 21.4. The number of carbonyl (C=O) groups is 1. The molecule has 5 rings (SSSR count). The van der Waals surface area contributed by atoms with Gasteiger partial charge in [0.25, 0.3) is 10.0 Å². The Hall–Kier alpha value is -1.81. The maximum atomic E-state index is 13.6. The number of benzene rings is 1. The van der Waals surface area contributed by atoms with Crippen molar-refractivity contribution in [1.82, 2.24) is 14.2 Å². The monoisotopic (exact) mass is 475 g/mol. The van der Waals surface area contributed by atoms with E-state index in [0.717, 1.165) is 40.9 Å². The Kier molecular flexibility index (Phi) is 5.85. The van der Waals surface area contributed by atoms with Crippen molar-refractivity contribution in [1.29, 1.82) is 0 Å². The molecular formula is C22H25N3O3S3. The van der Waals surface area contributed by atoms with E-state index in [1.807, 2.05) is 23.1 Å². The van der Waals surface area contributed by atoms with Crippen LogP contribution in [0, 0.1) is 5.92 Å². The Bertz CT molecular complexity index is 1140. The van der Waals surface area contributed by atoms with Crippen molar-refractivity contribution >= 4 is 48.8 Å². The Balaban J connectivity index is 1.37. The van der Waals surface area contributed by atoms with Gasteiger partial charge in [-0.25, -0.2) is 13.4 Å². The largest absolute Gasteiger partial charge is 0.333 e. The summed E-state index contributed by atoms with van der Waals surface area (Å²) in [7, 11) is -3.53. The predicted molar refractivity (Wildman–Crippen MR) is 124 cm³/mol. The van der Waals surface area contributed by atoms with Crippen molar-refractivity contribution in [2.24, 2.45) is 5.92 Å². The summed E-state index contributed by atoms with van der Waals surface area (Å²) in [5, 5.41) is 2.77. The molecule has 2 aliphatic heterocycles. The van der Waals surface area contributed by atoms with Crippen LogP contribution in [0.5, 0.6) is 0 Å². The number of amides is 1. The molecule has 0 radical (unpaired) electrons. The first kappa shape index (κ1) is 21.1.